The molecule has 4 rings (SSSR count). The van der Waals surface area contributed by atoms with E-state index in [4.69, 9.17) is 18.9 Å². The van der Waals surface area contributed by atoms with Crippen LogP contribution in [0.3, 0.4) is 0 Å². The fourth-order valence-corrected chi connectivity index (χ4v) is 4.49. The maximum absolute atomic E-state index is 13.8. The van der Waals surface area contributed by atoms with Crippen molar-refractivity contribution in [1.82, 2.24) is 0 Å². The van der Waals surface area contributed by atoms with Gasteiger partial charge in [0.2, 0.25) is 0 Å². The maximum Gasteiger partial charge on any atom is 0.416 e. The molecular weight excluding hydrogens is 449 g/mol. The fourth-order valence-electron chi connectivity index (χ4n) is 4.49. The minimum atomic E-state index is -4.47. The molecule has 0 heterocycles. The molecule has 0 radical (unpaired) electrons. The van der Waals surface area contributed by atoms with E-state index >= 15 is 0 Å². The molecule has 2 atom stereocenters. The van der Waals surface area contributed by atoms with Crippen molar-refractivity contribution in [3.05, 3.63) is 82.4 Å². The van der Waals surface area contributed by atoms with Crippen LogP contribution in [-0.4, -0.2) is 34.2 Å². The van der Waals surface area contributed by atoms with Crippen LogP contribution in [-0.2, 0) is 6.18 Å². The number of hydrogen-bond acceptors (Lipinski definition) is 5. The van der Waals surface area contributed by atoms with E-state index in [9.17, 15) is 18.0 Å². The first kappa shape index (κ1) is 23.5. The van der Waals surface area contributed by atoms with Crippen LogP contribution in [0.1, 0.15) is 44.4 Å². The molecule has 0 spiro atoms. The lowest BCUT2D eigenvalue weighted by Gasteiger charge is -2.23. The Morgan fingerprint density at radius 2 is 1.24 bits per heavy atom. The molecule has 178 valence electrons. The first-order chi connectivity index (χ1) is 16.2. The number of benzene rings is 3. The second-order valence-electron chi connectivity index (χ2n) is 7.88. The van der Waals surface area contributed by atoms with Crippen molar-refractivity contribution in [1.29, 1.82) is 0 Å². The Bertz CT molecular complexity index is 1200. The molecule has 0 N–H and O–H groups in total. The lowest BCUT2D eigenvalue weighted by atomic mass is 9.81. The number of ether oxygens (including phenoxy) is 4. The number of Topliss-reactive ketones (excluding diaryl/α,β-unsaturated/α-hetero) is 1. The van der Waals surface area contributed by atoms with E-state index in [0.29, 0.717) is 45.3 Å². The van der Waals surface area contributed by atoms with Crippen molar-refractivity contribution in [3.63, 3.8) is 0 Å². The molecule has 0 amide bonds. The third-order valence-corrected chi connectivity index (χ3v) is 6.09. The Morgan fingerprint density at radius 1 is 0.676 bits per heavy atom. The van der Waals surface area contributed by atoms with E-state index in [2.05, 4.69) is 0 Å². The van der Waals surface area contributed by atoms with E-state index in [0.717, 1.165) is 12.1 Å². The van der Waals surface area contributed by atoms with Crippen LogP contribution in [0, 0.1) is 0 Å². The summed E-state index contributed by atoms with van der Waals surface area (Å²) in [5, 5.41) is 0. The third kappa shape index (κ3) is 4.04. The van der Waals surface area contributed by atoms with Crippen LogP contribution in [0.25, 0.3) is 0 Å². The molecule has 0 bridgehead atoms. The van der Waals surface area contributed by atoms with Gasteiger partial charge in [0.05, 0.1) is 39.9 Å². The smallest absolute Gasteiger partial charge is 0.416 e. The number of fused-ring (bicyclic) bond motifs is 1. The number of hydrogen-bond donors (Lipinski definition) is 0. The van der Waals surface area contributed by atoms with E-state index in [-0.39, 0.29) is 5.78 Å². The van der Waals surface area contributed by atoms with E-state index in [1.807, 2.05) is 0 Å². The summed E-state index contributed by atoms with van der Waals surface area (Å²) in [6.45, 7) is 0. The number of methoxy groups -OCH3 is 4. The summed E-state index contributed by atoms with van der Waals surface area (Å²) < 4.78 is 61.3. The summed E-state index contributed by atoms with van der Waals surface area (Å²) in [7, 11) is 5.97. The molecule has 3 aromatic carbocycles. The fraction of sp³-hybridized carbons (Fsp3) is 0.269. The quantitative estimate of drug-likeness (QED) is 0.450. The van der Waals surface area contributed by atoms with E-state index < -0.39 is 23.6 Å². The number of halogens is 3. The molecule has 8 heteroatoms. The molecule has 1 aliphatic carbocycles. The lowest BCUT2D eigenvalue weighted by molar-refractivity contribution is -0.137. The summed E-state index contributed by atoms with van der Waals surface area (Å²) in [5.74, 6) is 0.318. The highest BCUT2D eigenvalue weighted by Crippen LogP contribution is 2.53. The molecule has 0 saturated carbocycles. The van der Waals surface area contributed by atoms with E-state index in [1.54, 1.807) is 30.3 Å². The molecule has 0 aromatic heterocycles. The first-order valence-electron chi connectivity index (χ1n) is 10.4. The summed E-state index contributed by atoms with van der Waals surface area (Å²) in [4.78, 5) is 13.8. The largest absolute Gasteiger partial charge is 0.497 e. The van der Waals surface area contributed by atoms with Gasteiger partial charge in [-0.15, -0.1) is 0 Å². The lowest BCUT2D eigenvalue weighted by Crippen LogP contribution is -2.14. The Morgan fingerprint density at radius 3 is 1.74 bits per heavy atom. The van der Waals surface area contributed by atoms with Gasteiger partial charge in [-0.3, -0.25) is 4.79 Å². The molecule has 0 aliphatic heterocycles. The SMILES string of the molecule is COc1cc(OC)cc([C@@H]2C(=O)c3cc(OC)cc(OC)c3[C@H]2c2ccc(C(F)(F)F)cc2)c1. The highest BCUT2D eigenvalue weighted by Gasteiger charge is 2.44. The molecule has 0 saturated heterocycles. The van der Waals surface area contributed by atoms with Gasteiger partial charge in [0.25, 0.3) is 0 Å². The molecule has 34 heavy (non-hydrogen) atoms. The predicted molar refractivity (Wildman–Crippen MR) is 119 cm³/mol. The molecular formula is C26H23F3O5. The minimum absolute atomic E-state index is 0.201. The van der Waals surface area contributed by atoms with Gasteiger partial charge in [-0.2, -0.15) is 13.2 Å². The van der Waals surface area contributed by atoms with Crippen molar-refractivity contribution < 1.29 is 36.9 Å². The number of carbonyl (C=O) groups excluding carboxylic acids is 1. The van der Waals surface area contributed by atoms with Crippen LogP contribution in [0.5, 0.6) is 23.0 Å². The van der Waals surface area contributed by atoms with Crippen molar-refractivity contribution in [3.8, 4) is 23.0 Å². The average Bonchev–Trinajstić information content (AvgIpc) is 3.14. The standard InChI is InChI=1S/C26H23F3O5/c1-31-17-9-15(10-18(11-17)32-2)23-22(14-5-7-16(8-6-14)26(27,28)29)24-20(25(23)30)12-19(33-3)13-21(24)34-4/h5-13,22-23H,1-4H3/t22-,23-/m0/s1. The van der Waals surface area contributed by atoms with Gasteiger partial charge in [0, 0.05) is 29.2 Å². The van der Waals surface area contributed by atoms with Gasteiger partial charge >= 0.3 is 6.18 Å². The normalized spacial score (nSPS) is 17.3. The van der Waals surface area contributed by atoms with Crippen LogP contribution in [0.4, 0.5) is 13.2 Å². The minimum Gasteiger partial charge on any atom is -0.497 e. The number of ketones is 1. The summed E-state index contributed by atoms with van der Waals surface area (Å²) in [6.07, 6.45) is -4.47. The summed E-state index contributed by atoms with van der Waals surface area (Å²) in [5.41, 5.74) is 1.40. The van der Waals surface area contributed by atoms with Crippen LogP contribution in [0.2, 0.25) is 0 Å². The van der Waals surface area contributed by atoms with Gasteiger partial charge in [-0.25, -0.2) is 0 Å². The monoisotopic (exact) mass is 472 g/mol. The predicted octanol–water partition coefficient (Wildman–Crippen LogP) is 5.85. The van der Waals surface area contributed by atoms with Gasteiger partial charge in [-0.1, -0.05) is 12.1 Å². The van der Waals surface area contributed by atoms with Gasteiger partial charge < -0.3 is 18.9 Å². The number of carbonyl (C=O) groups is 1. The zero-order valence-corrected chi connectivity index (χ0v) is 19.0. The third-order valence-electron chi connectivity index (χ3n) is 6.09. The molecule has 0 unspecified atom stereocenters. The maximum atomic E-state index is 13.8. The second-order valence-corrected chi connectivity index (χ2v) is 7.88. The van der Waals surface area contributed by atoms with Crippen LogP contribution >= 0.6 is 0 Å². The molecule has 3 aromatic rings. The van der Waals surface area contributed by atoms with Crippen molar-refractivity contribution in [2.75, 3.05) is 28.4 Å². The number of rotatable bonds is 6. The topological polar surface area (TPSA) is 54.0 Å². The Balaban J connectivity index is 1.95. The zero-order chi connectivity index (χ0) is 24.6. The summed E-state index contributed by atoms with van der Waals surface area (Å²) >= 11 is 0. The number of alkyl halides is 3. The molecule has 5 nitrogen and oxygen atoms in total. The average molecular weight is 472 g/mol. The van der Waals surface area contributed by atoms with E-state index in [1.165, 1.54) is 40.6 Å². The van der Waals surface area contributed by atoms with Crippen LogP contribution in [0.15, 0.2) is 54.6 Å². The van der Waals surface area contributed by atoms with Gasteiger partial charge in [0.15, 0.2) is 5.78 Å². The zero-order valence-electron chi connectivity index (χ0n) is 19.0. The highest BCUT2D eigenvalue weighted by atomic mass is 19.4. The van der Waals surface area contributed by atoms with Crippen molar-refractivity contribution in [2.45, 2.75) is 18.0 Å². The summed E-state index contributed by atoms with van der Waals surface area (Å²) in [6, 6.07) is 13.3. The van der Waals surface area contributed by atoms with Crippen LogP contribution < -0.4 is 18.9 Å². The second kappa shape index (κ2) is 8.93. The Hall–Kier alpha value is -3.68. The first-order valence-corrected chi connectivity index (χ1v) is 10.4. The Kier molecular flexibility index (Phi) is 6.17. The van der Waals surface area contributed by atoms with Crippen molar-refractivity contribution >= 4 is 5.78 Å². The van der Waals surface area contributed by atoms with Gasteiger partial charge in [0.1, 0.15) is 23.0 Å². The Labute approximate surface area is 195 Å². The van der Waals surface area contributed by atoms with Crippen molar-refractivity contribution in [2.24, 2.45) is 0 Å². The molecule has 1 aliphatic rings. The highest BCUT2D eigenvalue weighted by molar-refractivity contribution is 6.08. The van der Waals surface area contributed by atoms with Gasteiger partial charge in [-0.05, 0) is 41.5 Å². The molecule has 0 fully saturated rings.